The highest BCUT2D eigenvalue weighted by atomic mass is 32.2. The van der Waals surface area contributed by atoms with E-state index in [4.69, 9.17) is 15.9 Å². The maximum Gasteiger partial charge on any atom is 0.283 e. The minimum absolute atomic E-state index is 0.140. The number of nitrogens with one attached hydrogen (secondary N) is 2. The van der Waals surface area contributed by atoms with Crippen LogP contribution < -0.4 is 10.6 Å². The highest BCUT2D eigenvalue weighted by molar-refractivity contribution is 8.13. The molecule has 0 radical (unpaired) electrons. The van der Waals surface area contributed by atoms with E-state index in [0.29, 0.717) is 12.1 Å². The first-order valence-corrected chi connectivity index (χ1v) is 28.4. The van der Waals surface area contributed by atoms with Crippen molar-refractivity contribution in [2.45, 2.75) is 146 Å². The molecule has 8 atom stereocenters. The van der Waals surface area contributed by atoms with Gasteiger partial charge >= 0.3 is 0 Å². The summed E-state index contributed by atoms with van der Waals surface area (Å²) in [4.78, 5) is 26.4. The molecule has 4 aromatic carbocycles. The molecule has 4 aromatic rings. The monoisotopic (exact) mass is 1120 g/mol. The van der Waals surface area contributed by atoms with Crippen molar-refractivity contribution in [2.24, 2.45) is 0 Å². The maximum absolute atomic E-state index is 13.2. The van der Waals surface area contributed by atoms with Crippen LogP contribution in [0.4, 0.5) is 10.5 Å². The van der Waals surface area contributed by atoms with Crippen molar-refractivity contribution in [3.05, 3.63) is 78.9 Å². The van der Waals surface area contributed by atoms with Crippen LogP contribution in [0.25, 0.3) is 32.7 Å². The third kappa shape index (κ3) is 24.0. The molecule has 2 unspecified atom stereocenters. The van der Waals surface area contributed by atoms with Crippen molar-refractivity contribution in [3.63, 3.8) is 0 Å². The molecule has 2 amide bonds. The maximum atomic E-state index is 13.2. The quantitative estimate of drug-likeness (QED) is 0.0206. The predicted octanol–water partition coefficient (Wildman–Crippen LogP) is 8.11. The molecule has 0 spiro atoms. The highest BCUT2D eigenvalue weighted by Gasteiger charge is 2.45. The summed E-state index contributed by atoms with van der Waals surface area (Å²) in [5.41, 5.74) is 2.60. The second-order valence-corrected chi connectivity index (χ2v) is 19.9. The molecule has 11 nitrogen and oxygen atoms in total. The minimum atomic E-state index is -1.75. The van der Waals surface area contributed by atoms with Gasteiger partial charge in [-0.3, -0.25) is 9.59 Å². The van der Waals surface area contributed by atoms with E-state index in [1.54, 1.807) is 0 Å². The zero-order chi connectivity index (χ0) is 59.1. The number of terminal acetylenes is 1. The second-order valence-electron chi connectivity index (χ2n) is 18.9. The van der Waals surface area contributed by atoms with Gasteiger partial charge in [-0.2, -0.15) is 0 Å². The van der Waals surface area contributed by atoms with E-state index < -0.39 is 66.7 Å². The molecule has 83 heavy (non-hydrogen) atoms. The smallest absolute Gasteiger partial charge is 0.283 e. The number of carbonyl (C=O) groups is 2. The lowest BCUT2D eigenvalue weighted by atomic mass is 9.92. The van der Waals surface area contributed by atoms with Crippen LogP contribution in [0, 0.1) is 143 Å². The number of benzene rings is 4. The average molecular weight is 1120 g/mol. The summed E-state index contributed by atoms with van der Waals surface area (Å²) in [6, 6.07) is 24.9. The van der Waals surface area contributed by atoms with Gasteiger partial charge in [0.15, 0.2) is 6.29 Å². The first-order chi connectivity index (χ1) is 40.6. The Bertz CT molecular complexity index is 3590. The Morgan fingerprint density at radius 1 is 0.602 bits per heavy atom. The molecule has 1 heterocycles. The zero-order valence-corrected chi connectivity index (χ0v) is 47.1. The molecule has 1 aliphatic heterocycles. The van der Waals surface area contributed by atoms with Gasteiger partial charge in [-0.1, -0.05) is 162 Å². The van der Waals surface area contributed by atoms with Gasteiger partial charge in [-0.25, -0.2) is 0 Å². The summed E-state index contributed by atoms with van der Waals surface area (Å²) in [6.45, 7) is 1.73. The van der Waals surface area contributed by atoms with E-state index in [-0.39, 0.29) is 18.6 Å². The van der Waals surface area contributed by atoms with Gasteiger partial charge in [-0.05, 0) is 152 Å². The van der Waals surface area contributed by atoms with Gasteiger partial charge in [0.2, 0.25) is 5.91 Å². The Balaban J connectivity index is 1.14. The molecule has 0 bridgehead atoms. The van der Waals surface area contributed by atoms with E-state index in [1.807, 2.05) is 48.5 Å². The number of anilines is 1. The lowest BCUT2D eigenvalue weighted by Crippen LogP contribution is -2.60. The van der Waals surface area contributed by atoms with Crippen LogP contribution >= 0.6 is 11.8 Å². The molecule has 1 fully saturated rings. The van der Waals surface area contributed by atoms with Crippen molar-refractivity contribution < 1.29 is 44.6 Å². The molecule has 7 N–H and O–H groups in total. The lowest BCUT2D eigenvalue weighted by molar-refractivity contribution is -0.294. The average Bonchev–Trinajstić information content (AvgIpc) is 3.69. The van der Waals surface area contributed by atoms with Crippen molar-refractivity contribution in [2.75, 3.05) is 17.7 Å². The largest absolute Gasteiger partial charge is 0.390 e. The number of amides is 2. The Labute approximate surface area is 493 Å². The van der Waals surface area contributed by atoms with Crippen molar-refractivity contribution >= 4 is 50.1 Å². The Morgan fingerprint density at radius 2 is 1.07 bits per heavy atom. The Kier molecular flexibility index (Phi) is 30.3. The van der Waals surface area contributed by atoms with Crippen molar-refractivity contribution in [3.8, 4) is 154 Å². The summed E-state index contributed by atoms with van der Waals surface area (Å²) >= 11 is 0.802. The molecule has 1 saturated heterocycles. The fourth-order valence-electron chi connectivity index (χ4n) is 8.66. The van der Waals surface area contributed by atoms with Crippen LogP contribution in [0.1, 0.15) is 96.8 Å². The Morgan fingerprint density at radius 3 is 1.58 bits per heavy atom. The first kappa shape index (κ1) is 64.9. The second kappa shape index (κ2) is 38.7. The normalized spacial score (nSPS) is 16.1. The number of carbonyl (C=O) groups excluding carboxylic acids is 2. The van der Waals surface area contributed by atoms with E-state index >= 15 is 0 Å². The number of unbranched alkanes of at least 4 members (excludes halogenated alkanes) is 11. The fraction of sp³-hybridized carbons (Fsp3) is 0.352. The number of hydrogen-bond donors (Lipinski definition) is 7. The Hall–Kier alpha value is -8.87. The van der Waals surface area contributed by atoms with Crippen LogP contribution in [0.3, 0.4) is 0 Å². The van der Waals surface area contributed by atoms with Crippen LogP contribution in [0.2, 0.25) is 0 Å². The predicted molar refractivity (Wildman–Crippen MR) is 330 cm³/mol. The van der Waals surface area contributed by atoms with Crippen molar-refractivity contribution in [1.29, 1.82) is 0 Å². The van der Waals surface area contributed by atoms with Crippen LogP contribution in [0.5, 0.6) is 0 Å². The number of aliphatic hydroxyl groups excluding tert-OH is 5. The molecule has 0 saturated carbocycles. The summed E-state index contributed by atoms with van der Waals surface area (Å²) in [7, 11) is 0. The SMILES string of the molecule is C#CC#CC#CC#CC#CC#CC#CC#CC#CC#CC#CC#CCC(=O)N[C@@H](CO[C@H]1OC(CSC(=O)Nc2ccc(-c3c4ccccc4cc4ccccc34)cc2)[C@H](O)[C@H](O)C1O)[C@H](O)[C@H](O)CCCCCCCCCCCCCC. The fourth-order valence-corrected chi connectivity index (χ4v) is 9.44. The molecule has 0 aliphatic carbocycles. The summed E-state index contributed by atoms with van der Waals surface area (Å²) in [6.07, 6.45) is 7.84. The topological polar surface area (TPSA) is 178 Å². The first-order valence-electron chi connectivity index (χ1n) is 27.5. The van der Waals surface area contributed by atoms with Gasteiger partial charge in [0.1, 0.15) is 24.4 Å². The molecule has 5 rings (SSSR count). The van der Waals surface area contributed by atoms with Gasteiger partial charge in [-0.15, -0.1) is 6.42 Å². The van der Waals surface area contributed by atoms with Gasteiger partial charge < -0.3 is 45.6 Å². The minimum Gasteiger partial charge on any atom is -0.390 e. The lowest BCUT2D eigenvalue weighted by Gasteiger charge is -2.40. The van der Waals surface area contributed by atoms with Gasteiger partial charge in [0.05, 0.1) is 31.3 Å². The number of fused-ring (bicyclic) bond motifs is 2. The zero-order valence-electron chi connectivity index (χ0n) is 46.3. The van der Waals surface area contributed by atoms with Crippen molar-refractivity contribution in [1.82, 2.24) is 5.32 Å². The number of hydrogen-bond acceptors (Lipinski definition) is 10. The molecule has 1 aliphatic rings. The number of thioether (sulfide) groups is 1. The molecule has 12 heteroatoms. The molecule has 418 valence electrons. The number of aliphatic hydroxyl groups is 5. The van der Waals surface area contributed by atoms with Gasteiger partial charge in [0, 0.05) is 47.0 Å². The third-order valence-corrected chi connectivity index (χ3v) is 13.7. The summed E-state index contributed by atoms with van der Waals surface area (Å²) < 4.78 is 11.8. The number of rotatable bonds is 24. The van der Waals surface area contributed by atoms with Crippen LogP contribution in [-0.4, -0.2) is 98.0 Å². The molecule has 0 aromatic heterocycles. The van der Waals surface area contributed by atoms with E-state index in [0.717, 1.165) is 70.1 Å². The third-order valence-electron chi connectivity index (χ3n) is 12.8. The van der Waals surface area contributed by atoms with E-state index in [9.17, 15) is 35.1 Å². The highest BCUT2D eigenvalue weighted by Crippen LogP contribution is 2.37. The number of ether oxygens (including phenoxy) is 2. The van der Waals surface area contributed by atoms with E-state index in [1.165, 1.54) is 44.9 Å². The van der Waals surface area contributed by atoms with Gasteiger partial charge in [0.25, 0.3) is 5.24 Å². The molecular formula is C71H64N2O9S. The molecular weight excluding hydrogens is 1060 g/mol. The van der Waals surface area contributed by atoms with E-state index in [2.05, 4.69) is 184 Å². The van der Waals surface area contributed by atoms with Crippen LogP contribution in [0.15, 0.2) is 78.9 Å². The van der Waals surface area contributed by atoms with Crippen LogP contribution in [-0.2, 0) is 14.3 Å². The summed E-state index contributed by atoms with van der Waals surface area (Å²) in [5, 5.41) is 64.8. The standard InChI is InChI=1S/C71H64N2O9S/c1-3-5-7-9-11-13-15-17-18-19-20-21-22-23-24-25-26-27-29-31-33-35-37-47-64(75)73-61(66(76)62(74)46-36-34-32-30-28-16-14-12-10-8-6-4-2)53-81-70-69(79)68(78)67(77)63(82-70)54-83-71(80)72-58-50-48-55(49-51-58)65-59-44-40-38-42-56(59)52-57-43-39-41-45-60(57)65/h1,38-45,48-52,61-63,66-70,74,76-79H,4,6,8,10,12,14,16,28,30,32,34,36,46-47,53-54H2,2H3,(H,72,80)(H,73,75)/t61-,62+,63?,66-,67-,68-,69?,70-/m0/s1. The summed E-state index contributed by atoms with van der Waals surface area (Å²) in [5.74, 6) is 56.1.